The van der Waals surface area contributed by atoms with Gasteiger partial charge in [0.25, 0.3) is 9.05 Å². The van der Waals surface area contributed by atoms with Crippen molar-refractivity contribution >= 4 is 36.6 Å². The standard InChI is InChI=1S/C11H10ClNO4S/c1-6-10(11(14)15)8-5-7(18(12,16)17)3-4-9(8)13(6)2/h3-5H,1-2H3,(H,14,15). The number of hydrogen-bond donors (Lipinski definition) is 1. The number of nitrogens with zero attached hydrogens (tertiary/aromatic N) is 1. The average Bonchev–Trinajstić information content (AvgIpc) is 2.50. The molecule has 0 aliphatic rings. The van der Waals surface area contributed by atoms with Gasteiger partial charge in [-0.2, -0.15) is 0 Å². The van der Waals surface area contributed by atoms with Crippen LogP contribution in [0, 0.1) is 6.92 Å². The summed E-state index contributed by atoms with van der Waals surface area (Å²) in [6.45, 7) is 1.67. The highest BCUT2D eigenvalue weighted by molar-refractivity contribution is 8.13. The second-order valence-electron chi connectivity index (χ2n) is 3.94. The minimum atomic E-state index is -3.87. The van der Waals surface area contributed by atoms with Crippen LogP contribution in [0.4, 0.5) is 0 Å². The Kier molecular flexibility index (Phi) is 2.87. The first-order valence-corrected chi connectivity index (χ1v) is 7.31. The fourth-order valence-electron chi connectivity index (χ4n) is 1.97. The second kappa shape index (κ2) is 4.00. The largest absolute Gasteiger partial charge is 0.478 e. The summed E-state index contributed by atoms with van der Waals surface area (Å²) in [6, 6.07) is 4.19. The van der Waals surface area contributed by atoms with Gasteiger partial charge in [0.15, 0.2) is 0 Å². The van der Waals surface area contributed by atoms with E-state index in [9.17, 15) is 18.3 Å². The number of fused-ring (bicyclic) bond motifs is 1. The maximum atomic E-state index is 11.3. The number of aryl methyl sites for hydroxylation is 1. The Morgan fingerprint density at radius 3 is 2.50 bits per heavy atom. The van der Waals surface area contributed by atoms with E-state index in [2.05, 4.69) is 0 Å². The fourth-order valence-corrected chi connectivity index (χ4v) is 2.75. The Balaban J connectivity index is 2.93. The Morgan fingerprint density at radius 2 is 2.00 bits per heavy atom. The Morgan fingerprint density at radius 1 is 1.39 bits per heavy atom. The molecule has 0 bridgehead atoms. The van der Waals surface area contributed by atoms with Gasteiger partial charge in [-0.3, -0.25) is 0 Å². The first kappa shape index (κ1) is 12.9. The molecule has 0 spiro atoms. The molecule has 0 fully saturated rings. The molecule has 2 rings (SSSR count). The summed E-state index contributed by atoms with van der Waals surface area (Å²) < 4.78 is 24.2. The molecule has 0 saturated carbocycles. The van der Waals surface area contributed by atoms with Gasteiger partial charge in [0.2, 0.25) is 0 Å². The molecule has 5 nitrogen and oxygen atoms in total. The van der Waals surface area contributed by atoms with Crippen LogP contribution < -0.4 is 0 Å². The molecule has 0 unspecified atom stereocenters. The molecule has 1 N–H and O–H groups in total. The highest BCUT2D eigenvalue weighted by Gasteiger charge is 2.20. The van der Waals surface area contributed by atoms with Crippen molar-refractivity contribution < 1.29 is 18.3 Å². The van der Waals surface area contributed by atoms with Crippen LogP contribution in [0.25, 0.3) is 10.9 Å². The number of carboxylic acid groups (broad SMARTS) is 1. The molecule has 0 aliphatic carbocycles. The van der Waals surface area contributed by atoms with Gasteiger partial charge in [0.1, 0.15) is 0 Å². The number of aromatic carboxylic acids is 1. The van der Waals surface area contributed by atoms with E-state index >= 15 is 0 Å². The molecule has 7 heteroatoms. The Labute approximate surface area is 108 Å². The molecule has 0 amide bonds. The number of aromatic nitrogens is 1. The number of hydrogen-bond acceptors (Lipinski definition) is 3. The molecule has 96 valence electrons. The molecule has 0 aliphatic heterocycles. The summed E-state index contributed by atoms with van der Waals surface area (Å²) in [5, 5.41) is 9.54. The topological polar surface area (TPSA) is 76.4 Å². The van der Waals surface area contributed by atoms with Crippen LogP contribution in [-0.2, 0) is 16.1 Å². The molecular weight excluding hydrogens is 278 g/mol. The smallest absolute Gasteiger partial charge is 0.338 e. The van der Waals surface area contributed by atoms with Crippen molar-refractivity contribution in [1.29, 1.82) is 0 Å². The first-order chi connectivity index (χ1) is 8.23. The van der Waals surface area contributed by atoms with E-state index in [0.717, 1.165) is 0 Å². The zero-order chi connectivity index (χ0) is 13.7. The molecule has 0 atom stereocenters. The van der Waals surface area contributed by atoms with Gasteiger partial charge in [0.05, 0.1) is 10.5 Å². The van der Waals surface area contributed by atoms with Gasteiger partial charge in [-0.15, -0.1) is 0 Å². The van der Waals surface area contributed by atoms with Gasteiger partial charge >= 0.3 is 5.97 Å². The Bertz CT molecular complexity index is 761. The minimum Gasteiger partial charge on any atom is -0.478 e. The van der Waals surface area contributed by atoms with Gasteiger partial charge in [-0.25, -0.2) is 13.2 Å². The molecule has 1 aromatic carbocycles. The van der Waals surface area contributed by atoms with Gasteiger partial charge in [0, 0.05) is 34.3 Å². The van der Waals surface area contributed by atoms with Crippen molar-refractivity contribution in [3.8, 4) is 0 Å². The number of halogens is 1. The van der Waals surface area contributed by atoms with Crippen LogP contribution in [0.15, 0.2) is 23.1 Å². The zero-order valence-electron chi connectivity index (χ0n) is 9.64. The van der Waals surface area contributed by atoms with Crippen LogP contribution in [0.2, 0.25) is 0 Å². The SMILES string of the molecule is Cc1c(C(=O)O)c2cc(S(=O)(=O)Cl)ccc2n1C. The predicted octanol–water partition coefficient (Wildman–Crippen LogP) is 2.11. The van der Waals surface area contributed by atoms with E-state index in [1.807, 2.05) is 0 Å². The summed E-state index contributed by atoms with van der Waals surface area (Å²) in [7, 11) is 3.11. The van der Waals surface area contributed by atoms with E-state index in [1.54, 1.807) is 24.6 Å². The second-order valence-corrected chi connectivity index (χ2v) is 6.51. The highest BCUT2D eigenvalue weighted by atomic mass is 35.7. The molecule has 0 saturated heterocycles. The van der Waals surface area contributed by atoms with Crippen molar-refractivity contribution in [3.05, 3.63) is 29.5 Å². The highest BCUT2D eigenvalue weighted by Crippen LogP contribution is 2.28. The van der Waals surface area contributed by atoms with Crippen LogP contribution in [0.1, 0.15) is 16.1 Å². The summed E-state index contributed by atoms with van der Waals surface area (Å²) in [4.78, 5) is 11.1. The lowest BCUT2D eigenvalue weighted by atomic mass is 10.1. The molecule has 1 aromatic heterocycles. The number of carboxylic acids is 1. The minimum absolute atomic E-state index is 0.0923. The molecular formula is C11H10ClNO4S. The summed E-state index contributed by atoms with van der Waals surface area (Å²) >= 11 is 0. The van der Waals surface area contributed by atoms with E-state index in [1.165, 1.54) is 12.1 Å². The molecule has 2 aromatic rings. The maximum absolute atomic E-state index is 11.3. The van der Waals surface area contributed by atoms with Crippen LogP contribution in [-0.4, -0.2) is 24.1 Å². The Hall–Kier alpha value is -1.53. The number of benzene rings is 1. The van der Waals surface area contributed by atoms with E-state index in [4.69, 9.17) is 10.7 Å². The molecule has 1 heterocycles. The van der Waals surface area contributed by atoms with E-state index < -0.39 is 15.0 Å². The third-order valence-corrected chi connectivity index (χ3v) is 4.31. The van der Waals surface area contributed by atoms with Crippen molar-refractivity contribution in [2.45, 2.75) is 11.8 Å². The van der Waals surface area contributed by atoms with E-state index in [-0.39, 0.29) is 10.5 Å². The molecule has 18 heavy (non-hydrogen) atoms. The normalized spacial score (nSPS) is 11.9. The van der Waals surface area contributed by atoms with Crippen molar-refractivity contribution in [1.82, 2.24) is 4.57 Å². The third kappa shape index (κ3) is 1.87. The van der Waals surface area contributed by atoms with E-state index in [0.29, 0.717) is 16.6 Å². The molecule has 0 radical (unpaired) electrons. The fraction of sp³-hybridized carbons (Fsp3) is 0.182. The quantitative estimate of drug-likeness (QED) is 0.858. The van der Waals surface area contributed by atoms with Crippen molar-refractivity contribution in [2.75, 3.05) is 0 Å². The van der Waals surface area contributed by atoms with Gasteiger partial charge in [-0.1, -0.05) is 0 Å². The zero-order valence-corrected chi connectivity index (χ0v) is 11.2. The average molecular weight is 288 g/mol. The van der Waals surface area contributed by atoms with Crippen LogP contribution in [0.5, 0.6) is 0 Å². The van der Waals surface area contributed by atoms with Gasteiger partial charge in [-0.05, 0) is 25.1 Å². The van der Waals surface area contributed by atoms with Crippen LogP contribution >= 0.6 is 10.7 Å². The van der Waals surface area contributed by atoms with Crippen LogP contribution in [0.3, 0.4) is 0 Å². The van der Waals surface area contributed by atoms with Crippen molar-refractivity contribution in [3.63, 3.8) is 0 Å². The lowest BCUT2D eigenvalue weighted by Gasteiger charge is -1.99. The summed E-state index contributed by atoms with van der Waals surface area (Å²) in [5.41, 5.74) is 1.30. The lowest BCUT2D eigenvalue weighted by Crippen LogP contribution is -1.99. The third-order valence-electron chi connectivity index (χ3n) is 2.96. The number of carbonyl (C=O) groups is 1. The van der Waals surface area contributed by atoms with Crippen molar-refractivity contribution in [2.24, 2.45) is 7.05 Å². The predicted molar refractivity (Wildman–Crippen MR) is 67.7 cm³/mol. The lowest BCUT2D eigenvalue weighted by molar-refractivity contribution is 0.0698. The van der Waals surface area contributed by atoms with Gasteiger partial charge < -0.3 is 9.67 Å². The maximum Gasteiger partial charge on any atom is 0.338 e. The first-order valence-electron chi connectivity index (χ1n) is 5.00. The summed E-state index contributed by atoms with van der Waals surface area (Å²) in [5.74, 6) is -1.10. The number of rotatable bonds is 2. The summed E-state index contributed by atoms with van der Waals surface area (Å²) in [6.07, 6.45) is 0. The monoisotopic (exact) mass is 287 g/mol.